The fourth-order valence-electron chi connectivity index (χ4n) is 1.42. The molecule has 2 aromatic rings. The first-order valence-electron chi connectivity index (χ1n) is 5.23. The molecule has 0 fully saturated rings. The zero-order valence-corrected chi connectivity index (χ0v) is 12.9. The van der Waals surface area contributed by atoms with Gasteiger partial charge in [0.2, 0.25) is 0 Å². The normalized spacial score (nSPS) is 12.6. The first kappa shape index (κ1) is 14.1. The number of benzene rings is 1. The number of rotatable bonds is 5. The smallest absolute Gasteiger partial charge is 0.175 e. The minimum atomic E-state index is 0.112. The Hall–Kier alpha value is -0.270. The summed E-state index contributed by atoms with van der Waals surface area (Å²) in [6.45, 7) is 0.516. The first-order chi connectivity index (χ1) is 8.74. The van der Waals surface area contributed by atoms with Gasteiger partial charge in [0.15, 0.2) is 8.68 Å². The van der Waals surface area contributed by atoms with Crippen molar-refractivity contribution in [3.8, 4) is 0 Å². The molecule has 0 saturated carbocycles. The highest BCUT2D eigenvalue weighted by molar-refractivity contribution is 8.03. The number of halogens is 1. The fourth-order valence-corrected chi connectivity index (χ4v) is 4.46. The van der Waals surface area contributed by atoms with Crippen LogP contribution in [0.2, 0.25) is 5.02 Å². The van der Waals surface area contributed by atoms with E-state index in [1.807, 2.05) is 30.5 Å². The second-order valence-corrected chi connectivity index (χ2v) is 7.29. The molecule has 96 valence electrons. The Bertz CT molecular complexity index is 518. The highest BCUT2D eigenvalue weighted by Gasteiger charge is 2.16. The van der Waals surface area contributed by atoms with Crippen molar-refractivity contribution in [1.82, 2.24) is 10.2 Å². The van der Waals surface area contributed by atoms with E-state index < -0.39 is 0 Å². The largest absolute Gasteiger partial charge is 0.329 e. The van der Waals surface area contributed by atoms with Gasteiger partial charge in [-0.1, -0.05) is 64.7 Å². The first-order valence-corrected chi connectivity index (χ1v) is 8.53. The lowest BCUT2D eigenvalue weighted by Crippen LogP contribution is -2.09. The zero-order valence-electron chi connectivity index (χ0n) is 9.67. The third-order valence-electron chi connectivity index (χ3n) is 2.27. The lowest BCUT2D eigenvalue weighted by atomic mass is 10.1. The number of nitrogens with zero attached hydrogens (tertiary/aromatic N) is 2. The molecule has 2 rings (SSSR count). The molecule has 1 aromatic heterocycles. The predicted octanol–water partition coefficient (Wildman–Crippen LogP) is 3.71. The van der Waals surface area contributed by atoms with Crippen LogP contribution in [0.3, 0.4) is 0 Å². The second kappa shape index (κ2) is 6.77. The van der Waals surface area contributed by atoms with Gasteiger partial charge >= 0.3 is 0 Å². The highest BCUT2D eigenvalue weighted by atomic mass is 35.5. The van der Waals surface area contributed by atoms with E-state index >= 15 is 0 Å². The van der Waals surface area contributed by atoms with E-state index in [9.17, 15) is 0 Å². The molecule has 1 unspecified atom stereocenters. The van der Waals surface area contributed by atoms with E-state index in [0.717, 1.165) is 19.3 Å². The minimum Gasteiger partial charge on any atom is -0.329 e. The van der Waals surface area contributed by atoms with Crippen LogP contribution in [0.25, 0.3) is 0 Å². The average molecular weight is 318 g/mol. The average Bonchev–Trinajstić information content (AvgIpc) is 2.85. The van der Waals surface area contributed by atoms with E-state index in [-0.39, 0.29) is 5.25 Å². The molecule has 0 aliphatic heterocycles. The van der Waals surface area contributed by atoms with E-state index in [1.165, 1.54) is 0 Å². The molecule has 1 heterocycles. The van der Waals surface area contributed by atoms with Crippen molar-refractivity contribution in [2.24, 2.45) is 5.73 Å². The minimum absolute atomic E-state index is 0.112. The molecule has 1 atom stereocenters. The van der Waals surface area contributed by atoms with Gasteiger partial charge < -0.3 is 5.73 Å². The Morgan fingerprint density at radius 2 is 2.06 bits per heavy atom. The lowest BCUT2D eigenvalue weighted by molar-refractivity contribution is 0.921. The van der Waals surface area contributed by atoms with Crippen molar-refractivity contribution < 1.29 is 0 Å². The molecule has 1 aromatic carbocycles. The monoisotopic (exact) mass is 317 g/mol. The molecule has 7 heteroatoms. The summed E-state index contributed by atoms with van der Waals surface area (Å²) in [7, 11) is 0. The summed E-state index contributed by atoms with van der Waals surface area (Å²) in [5.41, 5.74) is 6.88. The number of thioether (sulfide) groups is 2. The van der Waals surface area contributed by atoms with Crippen LogP contribution in [0.5, 0.6) is 0 Å². The molecule has 3 nitrogen and oxygen atoms in total. The topological polar surface area (TPSA) is 51.8 Å². The standard InChI is InChI=1S/C11H12ClN3S3/c1-16-10-14-15-11(18-10)17-9(6-13)7-4-2-3-5-8(7)12/h2-5,9H,6,13H2,1H3. The van der Waals surface area contributed by atoms with Crippen molar-refractivity contribution in [3.63, 3.8) is 0 Å². The Morgan fingerprint density at radius 1 is 1.33 bits per heavy atom. The van der Waals surface area contributed by atoms with Gasteiger partial charge in [0.05, 0.1) is 5.25 Å². The fraction of sp³-hybridized carbons (Fsp3) is 0.273. The second-order valence-electron chi connectivity index (χ2n) is 3.40. The van der Waals surface area contributed by atoms with E-state index in [2.05, 4.69) is 10.2 Å². The van der Waals surface area contributed by atoms with Crippen LogP contribution in [0.15, 0.2) is 32.9 Å². The number of hydrogen-bond acceptors (Lipinski definition) is 6. The van der Waals surface area contributed by atoms with Crippen molar-refractivity contribution in [2.75, 3.05) is 12.8 Å². The third-order valence-corrected chi connectivity index (χ3v) is 5.86. The van der Waals surface area contributed by atoms with Gasteiger partial charge in [0, 0.05) is 11.6 Å². The molecule has 18 heavy (non-hydrogen) atoms. The van der Waals surface area contributed by atoms with Gasteiger partial charge in [-0.15, -0.1) is 10.2 Å². The van der Waals surface area contributed by atoms with Crippen LogP contribution in [0, 0.1) is 0 Å². The summed E-state index contributed by atoms with van der Waals surface area (Å²) in [6.07, 6.45) is 1.99. The molecule has 0 saturated heterocycles. The predicted molar refractivity (Wildman–Crippen MR) is 80.8 cm³/mol. The molecule has 0 radical (unpaired) electrons. The molecule has 2 N–H and O–H groups in total. The van der Waals surface area contributed by atoms with Crippen LogP contribution in [0.1, 0.15) is 10.8 Å². The van der Waals surface area contributed by atoms with E-state index in [4.69, 9.17) is 17.3 Å². The molecular weight excluding hydrogens is 306 g/mol. The zero-order chi connectivity index (χ0) is 13.0. The van der Waals surface area contributed by atoms with Crippen LogP contribution >= 0.6 is 46.5 Å². The van der Waals surface area contributed by atoms with Crippen LogP contribution in [0.4, 0.5) is 0 Å². The maximum Gasteiger partial charge on any atom is 0.175 e. The Labute approximate surface area is 124 Å². The molecular formula is C11H12ClN3S3. The molecule has 0 amide bonds. The van der Waals surface area contributed by atoms with Crippen molar-refractivity contribution >= 4 is 46.5 Å². The van der Waals surface area contributed by atoms with Crippen molar-refractivity contribution in [3.05, 3.63) is 34.9 Å². The Balaban J connectivity index is 2.17. The Kier molecular flexibility index (Phi) is 5.32. The van der Waals surface area contributed by atoms with E-state index in [1.54, 1.807) is 34.9 Å². The molecule has 0 spiro atoms. The Morgan fingerprint density at radius 3 is 2.67 bits per heavy atom. The van der Waals surface area contributed by atoms with Gasteiger partial charge in [0.1, 0.15) is 0 Å². The third kappa shape index (κ3) is 3.39. The van der Waals surface area contributed by atoms with Gasteiger partial charge in [-0.25, -0.2) is 0 Å². The number of nitrogens with two attached hydrogens (primary N) is 1. The van der Waals surface area contributed by atoms with Crippen LogP contribution in [-0.4, -0.2) is 23.0 Å². The molecule has 0 aliphatic carbocycles. The van der Waals surface area contributed by atoms with Gasteiger partial charge in [-0.3, -0.25) is 0 Å². The summed E-state index contributed by atoms with van der Waals surface area (Å²) in [5, 5.41) is 9.07. The van der Waals surface area contributed by atoms with Gasteiger partial charge in [-0.05, 0) is 17.9 Å². The summed E-state index contributed by atoms with van der Waals surface area (Å²) in [6, 6.07) is 7.77. The summed E-state index contributed by atoms with van der Waals surface area (Å²) < 4.78 is 1.89. The summed E-state index contributed by atoms with van der Waals surface area (Å²) in [4.78, 5) is 0. The molecule has 0 aliphatic rings. The van der Waals surface area contributed by atoms with E-state index in [0.29, 0.717) is 6.54 Å². The molecule has 0 bridgehead atoms. The maximum absolute atomic E-state index is 6.19. The highest BCUT2D eigenvalue weighted by Crippen LogP contribution is 2.39. The van der Waals surface area contributed by atoms with Crippen molar-refractivity contribution in [1.29, 1.82) is 0 Å². The lowest BCUT2D eigenvalue weighted by Gasteiger charge is -2.14. The number of hydrogen-bond donors (Lipinski definition) is 1. The van der Waals surface area contributed by atoms with Crippen LogP contribution < -0.4 is 5.73 Å². The summed E-state index contributed by atoms with van der Waals surface area (Å²) in [5.74, 6) is 0. The SMILES string of the molecule is CSc1nnc(SC(CN)c2ccccc2Cl)s1. The van der Waals surface area contributed by atoms with Gasteiger partial charge in [-0.2, -0.15) is 0 Å². The van der Waals surface area contributed by atoms with Gasteiger partial charge in [0.25, 0.3) is 0 Å². The van der Waals surface area contributed by atoms with Crippen molar-refractivity contribution in [2.45, 2.75) is 13.9 Å². The maximum atomic E-state index is 6.19. The quantitative estimate of drug-likeness (QED) is 0.852. The summed E-state index contributed by atoms with van der Waals surface area (Å²) >= 11 is 11.0. The van der Waals surface area contributed by atoms with Crippen LogP contribution in [-0.2, 0) is 0 Å². The number of aromatic nitrogens is 2.